The number of aliphatic hydroxyl groups is 2. The Kier molecular flexibility index (Phi) is 2.75. The van der Waals surface area contributed by atoms with Crippen molar-refractivity contribution in [3.63, 3.8) is 0 Å². The average molecular weight is 228 g/mol. The van der Waals surface area contributed by atoms with Gasteiger partial charge in [0.15, 0.2) is 0 Å². The maximum absolute atomic E-state index is 11.9. The zero-order chi connectivity index (χ0) is 12.1. The van der Waals surface area contributed by atoms with E-state index in [1.807, 2.05) is 20.8 Å². The van der Waals surface area contributed by atoms with E-state index in [-0.39, 0.29) is 23.7 Å². The van der Waals surface area contributed by atoms with E-state index in [4.69, 9.17) is 4.74 Å². The standard InChI is InChI=1S/C12H20O4/c1-12(2,3)16-11(15)8-5-6-4-7(8)10(14)9(6)13/h6-10,13-14H,4-5H2,1-3H3/t6?,7?,8?,9-,10+/m1/s1. The van der Waals surface area contributed by atoms with Crippen LogP contribution in [-0.4, -0.2) is 34.0 Å². The van der Waals surface area contributed by atoms with Gasteiger partial charge in [0.2, 0.25) is 0 Å². The van der Waals surface area contributed by atoms with Crippen molar-refractivity contribution < 1.29 is 19.7 Å². The average Bonchev–Trinajstić information content (AvgIpc) is 2.65. The van der Waals surface area contributed by atoms with Crippen LogP contribution >= 0.6 is 0 Å². The van der Waals surface area contributed by atoms with E-state index in [9.17, 15) is 15.0 Å². The van der Waals surface area contributed by atoms with Crippen LogP contribution in [0.5, 0.6) is 0 Å². The Hall–Kier alpha value is -0.610. The molecule has 2 N–H and O–H groups in total. The molecule has 0 amide bonds. The third-order valence-corrected chi connectivity index (χ3v) is 3.63. The predicted molar refractivity (Wildman–Crippen MR) is 57.6 cm³/mol. The number of aliphatic hydroxyl groups excluding tert-OH is 2. The molecule has 16 heavy (non-hydrogen) atoms. The Labute approximate surface area is 95.6 Å². The van der Waals surface area contributed by atoms with Crippen LogP contribution in [0.1, 0.15) is 33.6 Å². The van der Waals surface area contributed by atoms with Crippen LogP contribution in [0.15, 0.2) is 0 Å². The normalized spacial score (nSPS) is 42.4. The summed E-state index contributed by atoms with van der Waals surface area (Å²) in [5.74, 6) is -0.513. The lowest BCUT2D eigenvalue weighted by Gasteiger charge is -2.30. The minimum absolute atomic E-state index is 0.0671. The topological polar surface area (TPSA) is 66.8 Å². The van der Waals surface area contributed by atoms with Gasteiger partial charge in [0.1, 0.15) is 5.60 Å². The lowest BCUT2D eigenvalue weighted by atomic mass is 9.85. The van der Waals surface area contributed by atoms with Crippen LogP contribution in [0.4, 0.5) is 0 Å². The molecule has 0 aliphatic heterocycles. The molecule has 4 heteroatoms. The number of rotatable bonds is 1. The summed E-state index contributed by atoms with van der Waals surface area (Å²) in [4.78, 5) is 11.9. The number of carbonyl (C=O) groups is 1. The van der Waals surface area contributed by atoms with Crippen molar-refractivity contribution in [1.82, 2.24) is 0 Å². The van der Waals surface area contributed by atoms with E-state index in [0.29, 0.717) is 6.42 Å². The van der Waals surface area contributed by atoms with Crippen molar-refractivity contribution >= 4 is 5.97 Å². The highest BCUT2D eigenvalue weighted by molar-refractivity contribution is 5.74. The molecular formula is C12H20O4. The molecule has 3 unspecified atom stereocenters. The van der Waals surface area contributed by atoms with Crippen LogP contribution in [0, 0.1) is 17.8 Å². The third-order valence-electron chi connectivity index (χ3n) is 3.63. The van der Waals surface area contributed by atoms with Crippen LogP contribution in [0.2, 0.25) is 0 Å². The number of ether oxygens (including phenoxy) is 1. The highest BCUT2D eigenvalue weighted by Crippen LogP contribution is 2.49. The molecule has 2 saturated carbocycles. The highest BCUT2D eigenvalue weighted by atomic mass is 16.6. The number of esters is 1. The summed E-state index contributed by atoms with van der Waals surface area (Å²) < 4.78 is 5.33. The zero-order valence-corrected chi connectivity index (χ0v) is 10.0. The SMILES string of the molecule is CC(C)(C)OC(=O)C1CC2CC1[C@H](O)[C@@H]2O. The Morgan fingerprint density at radius 2 is 1.81 bits per heavy atom. The summed E-state index contributed by atoms with van der Waals surface area (Å²) in [7, 11) is 0. The molecule has 92 valence electrons. The summed E-state index contributed by atoms with van der Waals surface area (Å²) in [5.41, 5.74) is -0.484. The molecule has 5 atom stereocenters. The zero-order valence-electron chi connectivity index (χ0n) is 10.0. The molecule has 0 aromatic heterocycles. The first kappa shape index (κ1) is 11.9. The minimum Gasteiger partial charge on any atom is -0.460 e. The van der Waals surface area contributed by atoms with E-state index < -0.39 is 17.8 Å². The van der Waals surface area contributed by atoms with Gasteiger partial charge in [-0.2, -0.15) is 0 Å². The first-order valence-corrected chi connectivity index (χ1v) is 5.88. The fourth-order valence-electron chi connectivity index (χ4n) is 2.95. The lowest BCUT2D eigenvalue weighted by Crippen LogP contribution is -2.41. The summed E-state index contributed by atoms with van der Waals surface area (Å²) in [6.07, 6.45) is -0.00991. The largest absolute Gasteiger partial charge is 0.460 e. The molecule has 0 saturated heterocycles. The van der Waals surface area contributed by atoms with Crippen molar-refractivity contribution in [1.29, 1.82) is 0 Å². The maximum atomic E-state index is 11.9. The van der Waals surface area contributed by atoms with Gasteiger partial charge in [-0.3, -0.25) is 4.79 Å². The predicted octanol–water partition coefficient (Wildman–Crippen LogP) is 0.706. The van der Waals surface area contributed by atoms with Crippen molar-refractivity contribution in [2.75, 3.05) is 0 Å². The van der Waals surface area contributed by atoms with Crippen LogP contribution < -0.4 is 0 Å². The Balaban J connectivity index is 2.01. The molecule has 0 aromatic rings. The second-order valence-electron chi connectivity index (χ2n) is 6.02. The van der Waals surface area contributed by atoms with Gasteiger partial charge < -0.3 is 14.9 Å². The molecule has 2 rings (SSSR count). The van der Waals surface area contributed by atoms with E-state index in [1.54, 1.807) is 0 Å². The van der Waals surface area contributed by atoms with E-state index in [1.165, 1.54) is 0 Å². The molecule has 0 spiro atoms. The Morgan fingerprint density at radius 3 is 2.25 bits per heavy atom. The number of carbonyl (C=O) groups excluding carboxylic acids is 1. The quantitative estimate of drug-likeness (QED) is 0.648. The van der Waals surface area contributed by atoms with Gasteiger partial charge in [-0.25, -0.2) is 0 Å². The Bertz CT molecular complexity index is 292. The van der Waals surface area contributed by atoms with Crippen LogP contribution in [0.3, 0.4) is 0 Å². The first-order valence-electron chi connectivity index (χ1n) is 5.88. The van der Waals surface area contributed by atoms with Gasteiger partial charge >= 0.3 is 5.97 Å². The monoisotopic (exact) mass is 228 g/mol. The number of hydrogen-bond acceptors (Lipinski definition) is 4. The van der Waals surface area contributed by atoms with Gasteiger partial charge in [-0.15, -0.1) is 0 Å². The van der Waals surface area contributed by atoms with Crippen molar-refractivity contribution in [2.24, 2.45) is 17.8 Å². The fourth-order valence-corrected chi connectivity index (χ4v) is 2.95. The van der Waals surface area contributed by atoms with Crippen LogP contribution in [-0.2, 0) is 9.53 Å². The van der Waals surface area contributed by atoms with E-state index >= 15 is 0 Å². The molecule has 2 aliphatic rings. The molecule has 2 fully saturated rings. The van der Waals surface area contributed by atoms with Crippen molar-refractivity contribution in [3.05, 3.63) is 0 Å². The minimum atomic E-state index is -0.753. The van der Waals surface area contributed by atoms with Crippen molar-refractivity contribution in [3.8, 4) is 0 Å². The van der Waals surface area contributed by atoms with Gasteiger partial charge in [0.05, 0.1) is 18.1 Å². The number of hydrogen-bond donors (Lipinski definition) is 2. The molecule has 4 nitrogen and oxygen atoms in total. The highest BCUT2D eigenvalue weighted by Gasteiger charge is 2.54. The van der Waals surface area contributed by atoms with Gasteiger partial charge in [0, 0.05) is 5.92 Å². The molecular weight excluding hydrogens is 208 g/mol. The van der Waals surface area contributed by atoms with Gasteiger partial charge in [-0.1, -0.05) is 0 Å². The van der Waals surface area contributed by atoms with Gasteiger partial charge in [-0.05, 0) is 39.5 Å². The van der Waals surface area contributed by atoms with Crippen molar-refractivity contribution in [2.45, 2.75) is 51.4 Å². The Morgan fingerprint density at radius 1 is 1.19 bits per heavy atom. The third kappa shape index (κ3) is 1.96. The smallest absolute Gasteiger partial charge is 0.309 e. The van der Waals surface area contributed by atoms with Crippen LogP contribution in [0.25, 0.3) is 0 Å². The molecule has 0 aromatic carbocycles. The summed E-state index contributed by atoms with van der Waals surface area (Å²) in [6, 6.07) is 0. The summed E-state index contributed by atoms with van der Waals surface area (Å²) >= 11 is 0. The fraction of sp³-hybridized carbons (Fsp3) is 0.917. The molecule has 2 bridgehead atoms. The maximum Gasteiger partial charge on any atom is 0.309 e. The molecule has 0 heterocycles. The first-order chi connectivity index (χ1) is 7.29. The second-order valence-corrected chi connectivity index (χ2v) is 6.02. The molecule has 2 aliphatic carbocycles. The second kappa shape index (κ2) is 3.70. The van der Waals surface area contributed by atoms with E-state index in [2.05, 4.69) is 0 Å². The lowest BCUT2D eigenvalue weighted by molar-refractivity contribution is -0.165. The summed E-state index contributed by atoms with van der Waals surface area (Å²) in [5, 5.41) is 19.4. The summed E-state index contributed by atoms with van der Waals surface area (Å²) in [6.45, 7) is 5.51. The number of fused-ring (bicyclic) bond motifs is 2. The van der Waals surface area contributed by atoms with Gasteiger partial charge in [0.25, 0.3) is 0 Å². The molecule has 0 radical (unpaired) electrons. The van der Waals surface area contributed by atoms with E-state index in [0.717, 1.165) is 6.42 Å².